The Labute approximate surface area is 108 Å². The third-order valence-electron chi connectivity index (χ3n) is 4.31. The monoisotopic (exact) mass is 247 g/mol. The van der Waals surface area contributed by atoms with E-state index in [4.69, 9.17) is 5.73 Å². The Balaban J connectivity index is 2.15. The average Bonchev–Trinajstić information content (AvgIpc) is 2.84. The fourth-order valence-corrected chi connectivity index (χ4v) is 2.71. The number of hydrogen-bond acceptors (Lipinski definition) is 3. The van der Waals surface area contributed by atoms with Crippen molar-refractivity contribution in [1.29, 1.82) is 0 Å². The molecule has 2 N–H and O–H groups in total. The van der Waals surface area contributed by atoms with Gasteiger partial charge in [-0.25, -0.2) is 0 Å². The molecule has 2 heterocycles. The van der Waals surface area contributed by atoms with Gasteiger partial charge in [0.1, 0.15) is 0 Å². The summed E-state index contributed by atoms with van der Waals surface area (Å²) in [5.74, 6) is 0.0404. The predicted molar refractivity (Wildman–Crippen MR) is 72.2 cm³/mol. The van der Waals surface area contributed by atoms with Crippen molar-refractivity contribution in [1.82, 2.24) is 9.88 Å². The van der Waals surface area contributed by atoms with Crippen LogP contribution >= 0.6 is 0 Å². The van der Waals surface area contributed by atoms with Gasteiger partial charge in [-0.1, -0.05) is 13.8 Å². The Hall–Kier alpha value is -1.58. The molecule has 1 aliphatic heterocycles. The number of nitrogens with two attached hydrogens (primary N) is 1. The van der Waals surface area contributed by atoms with Crippen LogP contribution in [0.5, 0.6) is 0 Å². The number of nitrogens with zero attached hydrogens (tertiary/aromatic N) is 2. The first-order valence-electron chi connectivity index (χ1n) is 6.60. The molecule has 0 radical (unpaired) electrons. The van der Waals surface area contributed by atoms with E-state index >= 15 is 0 Å². The summed E-state index contributed by atoms with van der Waals surface area (Å²) in [7, 11) is 0. The molecule has 1 aromatic heterocycles. The second-order valence-electron chi connectivity index (χ2n) is 5.15. The maximum Gasteiger partial charge on any atom is 0.256 e. The lowest BCUT2D eigenvalue weighted by Gasteiger charge is -2.26. The summed E-state index contributed by atoms with van der Waals surface area (Å²) in [6.07, 6.45) is 6.50. The molecule has 0 aliphatic carbocycles. The number of carbonyl (C=O) groups is 1. The number of aromatic nitrogens is 1. The van der Waals surface area contributed by atoms with Crippen molar-refractivity contribution in [3.05, 3.63) is 24.0 Å². The summed E-state index contributed by atoms with van der Waals surface area (Å²) in [5, 5.41) is 0. The van der Waals surface area contributed by atoms with Gasteiger partial charge in [0.25, 0.3) is 5.91 Å². The minimum absolute atomic E-state index is 0.0404. The largest absolute Gasteiger partial charge is 0.397 e. The van der Waals surface area contributed by atoms with Crippen molar-refractivity contribution in [2.75, 3.05) is 18.8 Å². The normalized spacial score (nSPS) is 18.0. The molecule has 98 valence electrons. The molecular formula is C14H21N3O. The fraction of sp³-hybridized carbons (Fsp3) is 0.571. The lowest BCUT2D eigenvalue weighted by atomic mass is 9.82. The fourth-order valence-electron chi connectivity index (χ4n) is 2.71. The van der Waals surface area contributed by atoms with Gasteiger partial charge in [-0.2, -0.15) is 0 Å². The zero-order valence-corrected chi connectivity index (χ0v) is 11.1. The molecule has 0 aromatic carbocycles. The van der Waals surface area contributed by atoms with Crippen LogP contribution in [-0.2, 0) is 0 Å². The Morgan fingerprint density at radius 3 is 2.78 bits per heavy atom. The van der Waals surface area contributed by atoms with Crippen LogP contribution in [0.25, 0.3) is 0 Å². The number of likely N-dealkylation sites (tertiary alicyclic amines) is 1. The molecule has 0 spiro atoms. The van der Waals surface area contributed by atoms with Gasteiger partial charge >= 0.3 is 0 Å². The molecule has 2 rings (SSSR count). The third-order valence-corrected chi connectivity index (χ3v) is 4.31. The van der Waals surface area contributed by atoms with Crippen LogP contribution in [-0.4, -0.2) is 28.9 Å². The van der Waals surface area contributed by atoms with Gasteiger partial charge in [-0.15, -0.1) is 0 Å². The molecule has 0 unspecified atom stereocenters. The van der Waals surface area contributed by atoms with Gasteiger partial charge in [-0.3, -0.25) is 9.78 Å². The Kier molecular flexibility index (Phi) is 3.55. The molecule has 0 saturated carbocycles. The topological polar surface area (TPSA) is 59.2 Å². The van der Waals surface area contributed by atoms with Gasteiger partial charge in [0.2, 0.25) is 0 Å². The number of carbonyl (C=O) groups excluding carboxylic acids is 1. The van der Waals surface area contributed by atoms with Crippen molar-refractivity contribution in [3.63, 3.8) is 0 Å². The first-order chi connectivity index (χ1) is 8.62. The lowest BCUT2D eigenvalue weighted by Crippen LogP contribution is -2.32. The van der Waals surface area contributed by atoms with E-state index in [9.17, 15) is 4.79 Å². The van der Waals surface area contributed by atoms with Gasteiger partial charge < -0.3 is 10.6 Å². The lowest BCUT2D eigenvalue weighted by molar-refractivity contribution is 0.0771. The smallest absolute Gasteiger partial charge is 0.256 e. The zero-order valence-electron chi connectivity index (χ0n) is 11.1. The van der Waals surface area contributed by atoms with E-state index in [-0.39, 0.29) is 5.91 Å². The summed E-state index contributed by atoms with van der Waals surface area (Å²) in [6, 6.07) is 1.70. The maximum atomic E-state index is 12.4. The first kappa shape index (κ1) is 12.9. The summed E-state index contributed by atoms with van der Waals surface area (Å²) >= 11 is 0. The van der Waals surface area contributed by atoms with Crippen LogP contribution in [0.4, 0.5) is 5.69 Å². The highest BCUT2D eigenvalue weighted by Gasteiger charge is 2.37. The van der Waals surface area contributed by atoms with Crippen molar-refractivity contribution in [3.8, 4) is 0 Å². The number of hydrogen-bond donors (Lipinski definition) is 1. The molecule has 1 saturated heterocycles. The van der Waals surface area contributed by atoms with Gasteiger partial charge in [-0.05, 0) is 30.7 Å². The highest BCUT2D eigenvalue weighted by molar-refractivity contribution is 5.99. The van der Waals surface area contributed by atoms with Crippen molar-refractivity contribution >= 4 is 11.6 Å². The Morgan fingerprint density at radius 1 is 1.50 bits per heavy atom. The average molecular weight is 247 g/mol. The molecule has 1 aromatic rings. The van der Waals surface area contributed by atoms with Gasteiger partial charge in [0, 0.05) is 19.3 Å². The molecule has 0 atom stereocenters. The second-order valence-corrected chi connectivity index (χ2v) is 5.15. The van der Waals surface area contributed by atoms with E-state index in [0.29, 0.717) is 16.7 Å². The maximum absolute atomic E-state index is 12.4. The molecule has 4 nitrogen and oxygen atoms in total. The highest BCUT2D eigenvalue weighted by atomic mass is 16.2. The highest BCUT2D eigenvalue weighted by Crippen LogP contribution is 2.37. The van der Waals surface area contributed by atoms with Crippen molar-refractivity contribution in [2.45, 2.75) is 33.1 Å². The summed E-state index contributed by atoms with van der Waals surface area (Å²) in [5.41, 5.74) is 7.16. The van der Waals surface area contributed by atoms with Gasteiger partial charge in [0.05, 0.1) is 17.4 Å². The van der Waals surface area contributed by atoms with Crippen LogP contribution in [0.3, 0.4) is 0 Å². The molecule has 4 heteroatoms. The number of nitrogen functional groups attached to an aromatic ring is 1. The van der Waals surface area contributed by atoms with Crippen LogP contribution in [0.15, 0.2) is 18.5 Å². The standard InChI is InChI=1S/C14H21N3O/c1-3-14(4-2)6-8-17(10-14)13(18)11-5-7-16-9-12(11)15/h5,7,9H,3-4,6,8,10,15H2,1-2H3. The quantitative estimate of drug-likeness (QED) is 0.891. The minimum Gasteiger partial charge on any atom is -0.397 e. The van der Waals surface area contributed by atoms with Crippen LogP contribution in [0.2, 0.25) is 0 Å². The van der Waals surface area contributed by atoms with Crippen LogP contribution < -0.4 is 5.73 Å². The van der Waals surface area contributed by atoms with E-state index in [0.717, 1.165) is 32.4 Å². The molecule has 1 amide bonds. The molecule has 0 bridgehead atoms. The molecule has 1 fully saturated rings. The van der Waals surface area contributed by atoms with E-state index in [1.165, 1.54) is 6.20 Å². The van der Waals surface area contributed by atoms with Crippen LogP contribution in [0.1, 0.15) is 43.5 Å². The van der Waals surface area contributed by atoms with Gasteiger partial charge in [0.15, 0.2) is 0 Å². The summed E-state index contributed by atoms with van der Waals surface area (Å²) < 4.78 is 0. The molecular weight excluding hydrogens is 226 g/mol. The third kappa shape index (κ3) is 2.19. The van der Waals surface area contributed by atoms with E-state index in [1.807, 2.05) is 4.90 Å². The first-order valence-corrected chi connectivity index (χ1v) is 6.60. The number of pyridine rings is 1. The van der Waals surface area contributed by atoms with E-state index in [1.54, 1.807) is 12.3 Å². The second kappa shape index (κ2) is 4.96. The summed E-state index contributed by atoms with van der Waals surface area (Å²) in [6.45, 7) is 6.10. The van der Waals surface area contributed by atoms with Crippen molar-refractivity contribution in [2.24, 2.45) is 5.41 Å². The Bertz CT molecular complexity index is 440. The van der Waals surface area contributed by atoms with E-state index < -0.39 is 0 Å². The number of amides is 1. The molecule has 1 aliphatic rings. The zero-order chi connectivity index (χ0) is 13.2. The summed E-state index contributed by atoms with van der Waals surface area (Å²) in [4.78, 5) is 18.3. The van der Waals surface area contributed by atoms with Crippen LogP contribution in [0, 0.1) is 5.41 Å². The minimum atomic E-state index is 0.0404. The van der Waals surface area contributed by atoms with Crippen molar-refractivity contribution < 1.29 is 4.79 Å². The number of anilines is 1. The predicted octanol–water partition coefficient (Wildman–Crippen LogP) is 2.32. The number of rotatable bonds is 3. The van der Waals surface area contributed by atoms with E-state index in [2.05, 4.69) is 18.8 Å². The molecule has 18 heavy (non-hydrogen) atoms. The SMILES string of the molecule is CCC1(CC)CCN(C(=O)c2ccncc2N)C1. The Morgan fingerprint density at radius 2 is 2.22 bits per heavy atom.